The number of carbonyl (C=O) groups excluding carboxylic acids is 1. The van der Waals surface area contributed by atoms with Crippen molar-refractivity contribution in [3.63, 3.8) is 0 Å². The molecule has 2 bridgehead atoms. The van der Waals surface area contributed by atoms with Crippen LogP contribution < -0.4 is 14.2 Å². The number of carbonyl (C=O) groups is 1. The topological polar surface area (TPSA) is 77.5 Å². The maximum absolute atomic E-state index is 11.5. The number of methoxy groups -OCH3 is 1. The van der Waals surface area contributed by atoms with Crippen LogP contribution in [0.25, 0.3) is 0 Å². The van der Waals surface area contributed by atoms with Crippen LogP contribution in [-0.4, -0.2) is 54.7 Å². The highest BCUT2D eigenvalue weighted by molar-refractivity contribution is 5.67. The molecule has 7 heteroatoms. The molecule has 140 valence electrons. The molecule has 0 spiro atoms. The van der Waals surface area contributed by atoms with Crippen molar-refractivity contribution in [2.45, 2.75) is 56.4 Å². The Morgan fingerprint density at radius 1 is 1.38 bits per heavy atom. The molecule has 0 aromatic heterocycles. The second-order valence-electron chi connectivity index (χ2n) is 7.62. The molecular weight excluding hydrogens is 338 g/mol. The lowest BCUT2D eigenvalue weighted by Gasteiger charge is -2.51. The zero-order valence-corrected chi connectivity index (χ0v) is 15.0. The van der Waals surface area contributed by atoms with Crippen molar-refractivity contribution in [3.8, 4) is 17.2 Å². The Morgan fingerprint density at radius 2 is 2.23 bits per heavy atom. The van der Waals surface area contributed by atoms with Gasteiger partial charge in [-0.15, -0.1) is 0 Å². The lowest BCUT2D eigenvalue weighted by atomic mass is 9.61. The molecule has 0 radical (unpaired) electrons. The Labute approximate surface area is 151 Å². The van der Waals surface area contributed by atoms with Gasteiger partial charge in [0.25, 0.3) is 0 Å². The molecule has 1 saturated carbocycles. The van der Waals surface area contributed by atoms with Crippen molar-refractivity contribution in [2.24, 2.45) is 0 Å². The third-order valence-electron chi connectivity index (χ3n) is 6.56. The van der Waals surface area contributed by atoms with Crippen molar-refractivity contribution >= 4 is 5.97 Å². The summed E-state index contributed by atoms with van der Waals surface area (Å²) in [5.74, 6) is 1.65. The molecule has 1 N–H and O–H groups in total. The van der Waals surface area contributed by atoms with Gasteiger partial charge in [-0.1, -0.05) is 0 Å². The fourth-order valence-corrected chi connectivity index (χ4v) is 5.62. The summed E-state index contributed by atoms with van der Waals surface area (Å²) in [6, 6.07) is 2.25. The summed E-state index contributed by atoms with van der Waals surface area (Å²) in [7, 11) is 1.64. The lowest BCUT2D eigenvalue weighted by Crippen LogP contribution is -2.61. The highest BCUT2D eigenvalue weighted by atomic mass is 16.7. The van der Waals surface area contributed by atoms with E-state index in [0.717, 1.165) is 37.1 Å². The van der Waals surface area contributed by atoms with E-state index in [1.807, 2.05) is 6.07 Å². The van der Waals surface area contributed by atoms with E-state index in [2.05, 4.69) is 4.90 Å². The quantitative estimate of drug-likeness (QED) is 0.797. The molecule has 5 atom stereocenters. The smallest absolute Gasteiger partial charge is 0.302 e. The number of aliphatic hydroxyl groups is 1. The van der Waals surface area contributed by atoms with Gasteiger partial charge in [0.15, 0.2) is 11.5 Å². The second-order valence-corrected chi connectivity index (χ2v) is 7.62. The molecule has 2 fully saturated rings. The summed E-state index contributed by atoms with van der Waals surface area (Å²) in [6.07, 6.45) is 1.17. The third kappa shape index (κ3) is 1.93. The monoisotopic (exact) mass is 361 g/mol. The molecule has 5 unspecified atom stereocenters. The lowest BCUT2D eigenvalue weighted by molar-refractivity contribution is -0.162. The van der Waals surface area contributed by atoms with Gasteiger partial charge in [0.05, 0.1) is 7.11 Å². The zero-order chi connectivity index (χ0) is 18.1. The maximum Gasteiger partial charge on any atom is 0.302 e. The summed E-state index contributed by atoms with van der Waals surface area (Å²) >= 11 is 0. The van der Waals surface area contributed by atoms with Crippen LogP contribution in [0.1, 0.15) is 37.3 Å². The van der Waals surface area contributed by atoms with Crippen LogP contribution in [0.2, 0.25) is 0 Å². The number of aliphatic hydroxyl groups excluding tert-OH is 1. The third-order valence-corrected chi connectivity index (χ3v) is 6.56. The molecule has 0 amide bonds. The first-order valence-electron chi connectivity index (χ1n) is 9.15. The van der Waals surface area contributed by atoms with Gasteiger partial charge in [-0.25, -0.2) is 0 Å². The highest BCUT2D eigenvalue weighted by Crippen LogP contribution is 2.58. The van der Waals surface area contributed by atoms with Crippen LogP contribution >= 0.6 is 0 Å². The fraction of sp³-hybridized carbons (Fsp3) is 0.632. The minimum Gasteiger partial charge on any atom is -0.492 e. The molecule has 1 saturated heterocycles. The standard InChI is InChI=1S/C19H23NO6/c1-10(21)26-13-3-4-15-19(18(13)22)5-6-20(15)8-11-12(19)7-14-17(16(11)23-2)25-9-24-14/h7,13,15,18,22H,3-6,8-9H2,1-2H3. The normalized spacial score (nSPS) is 36.3. The van der Waals surface area contributed by atoms with E-state index < -0.39 is 17.6 Å². The van der Waals surface area contributed by atoms with E-state index in [-0.39, 0.29) is 18.8 Å². The Morgan fingerprint density at radius 3 is 3.00 bits per heavy atom. The molecule has 3 aliphatic heterocycles. The molecule has 4 aliphatic rings. The van der Waals surface area contributed by atoms with Crippen LogP contribution in [0.15, 0.2) is 6.07 Å². The van der Waals surface area contributed by atoms with Crippen LogP contribution in [0.4, 0.5) is 0 Å². The number of esters is 1. The molecule has 1 aromatic carbocycles. The number of hydrogen-bond donors (Lipinski definition) is 1. The summed E-state index contributed by atoms with van der Waals surface area (Å²) in [5.41, 5.74) is 1.63. The molecule has 7 nitrogen and oxygen atoms in total. The van der Waals surface area contributed by atoms with Crippen LogP contribution in [0.5, 0.6) is 17.2 Å². The predicted molar refractivity (Wildman–Crippen MR) is 90.4 cm³/mol. The zero-order valence-electron chi connectivity index (χ0n) is 15.0. The van der Waals surface area contributed by atoms with Crippen LogP contribution in [-0.2, 0) is 21.5 Å². The predicted octanol–water partition coefficient (Wildman–Crippen LogP) is 1.34. The van der Waals surface area contributed by atoms with Gasteiger partial charge in [-0.3, -0.25) is 9.69 Å². The van der Waals surface area contributed by atoms with Gasteiger partial charge in [0.1, 0.15) is 12.2 Å². The molecule has 5 rings (SSSR count). The molecule has 3 heterocycles. The largest absolute Gasteiger partial charge is 0.492 e. The average molecular weight is 361 g/mol. The Balaban J connectivity index is 1.68. The SMILES string of the molecule is COc1c2c(cc3c1OCO3)C13CCN(C2)C1CCC(OC(C)=O)C3O. The van der Waals surface area contributed by atoms with Crippen LogP contribution in [0, 0.1) is 0 Å². The Bertz CT molecular complexity index is 780. The van der Waals surface area contributed by atoms with Crippen LogP contribution in [0.3, 0.4) is 0 Å². The highest BCUT2D eigenvalue weighted by Gasteiger charge is 2.61. The van der Waals surface area contributed by atoms with Gasteiger partial charge in [0, 0.05) is 30.5 Å². The second kappa shape index (κ2) is 5.50. The number of ether oxygens (including phenoxy) is 4. The van der Waals surface area contributed by atoms with Crippen molar-refractivity contribution < 1.29 is 28.8 Å². The minimum absolute atomic E-state index is 0.174. The van der Waals surface area contributed by atoms with Gasteiger partial charge >= 0.3 is 5.97 Å². The van der Waals surface area contributed by atoms with E-state index in [1.54, 1.807) is 7.11 Å². The molecule has 1 aliphatic carbocycles. The summed E-state index contributed by atoms with van der Waals surface area (Å²) in [4.78, 5) is 13.9. The number of hydrogen-bond acceptors (Lipinski definition) is 7. The van der Waals surface area contributed by atoms with E-state index in [1.165, 1.54) is 6.92 Å². The van der Waals surface area contributed by atoms with Gasteiger partial charge in [0.2, 0.25) is 12.5 Å². The van der Waals surface area contributed by atoms with E-state index in [0.29, 0.717) is 23.7 Å². The molecular formula is C19H23NO6. The first kappa shape index (κ1) is 16.2. The Kier molecular flexibility index (Phi) is 3.43. The van der Waals surface area contributed by atoms with Gasteiger partial charge < -0.3 is 24.1 Å². The van der Waals surface area contributed by atoms with Crippen molar-refractivity contribution in [1.82, 2.24) is 4.90 Å². The Hall–Kier alpha value is -1.99. The van der Waals surface area contributed by atoms with Gasteiger partial charge in [-0.05, 0) is 37.4 Å². The van der Waals surface area contributed by atoms with Gasteiger partial charge in [-0.2, -0.15) is 0 Å². The van der Waals surface area contributed by atoms with Crippen molar-refractivity contribution in [2.75, 3.05) is 20.4 Å². The first-order valence-corrected chi connectivity index (χ1v) is 9.15. The van der Waals surface area contributed by atoms with E-state index in [9.17, 15) is 9.90 Å². The summed E-state index contributed by atoms with van der Waals surface area (Å²) in [5, 5.41) is 11.3. The summed E-state index contributed by atoms with van der Waals surface area (Å²) < 4.78 is 22.4. The fourth-order valence-electron chi connectivity index (χ4n) is 5.62. The van der Waals surface area contributed by atoms with E-state index in [4.69, 9.17) is 18.9 Å². The number of rotatable bonds is 2. The molecule has 1 aromatic rings. The first-order chi connectivity index (χ1) is 12.6. The number of nitrogens with zero attached hydrogens (tertiary/aromatic N) is 1. The minimum atomic E-state index is -0.751. The van der Waals surface area contributed by atoms with Crippen molar-refractivity contribution in [3.05, 3.63) is 17.2 Å². The number of benzene rings is 1. The summed E-state index contributed by atoms with van der Waals surface area (Å²) in [6.45, 7) is 3.24. The van der Waals surface area contributed by atoms with Crippen molar-refractivity contribution in [1.29, 1.82) is 0 Å². The average Bonchev–Trinajstić information content (AvgIpc) is 3.18. The molecule has 26 heavy (non-hydrogen) atoms. The number of fused-ring (bicyclic) bond motifs is 2. The van der Waals surface area contributed by atoms with E-state index >= 15 is 0 Å². The maximum atomic E-state index is 11.5.